The number of ketones is 1. The fraction of sp³-hybridized carbons (Fsp3) is 0.714. The summed E-state index contributed by atoms with van der Waals surface area (Å²) in [5.74, 6) is 0.324. The van der Waals surface area contributed by atoms with E-state index in [0.717, 1.165) is 25.7 Å². The summed E-state index contributed by atoms with van der Waals surface area (Å²) in [6.45, 7) is 6.00. The highest BCUT2D eigenvalue weighted by Crippen LogP contribution is 2.54. The molecule has 3 aliphatic rings. The Hall–Kier alpha value is -1.12. The monoisotopic (exact) mass is 234 g/mol. The molecule has 0 aromatic carbocycles. The van der Waals surface area contributed by atoms with Crippen molar-refractivity contribution in [2.75, 3.05) is 0 Å². The van der Waals surface area contributed by atoms with Gasteiger partial charge in [0.05, 0.1) is 0 Å². The Kier molecular flexibility index (Phi) is 2.22. The van der Waals surface area contributed by atoms with Gasteiger partial charge in [0, 0.05) is 23.8 Å². The third-order valence-electron chi connectivity index (χ3n) is 4.98. The zero-order valence-corrected chi connectivity index (χ0v) is 10.2. The Bertz CT molecular complexity index is 412. The van der Waals surface area contributed by atoms with Crippen LogP contribution in [0.2, 0.25) is 0 Å². The van der Waals surface area contributed by atoms with Crippen LogP contribution >= 0.6 is 0 Å². The number of hydrogen-bond acceptors (Lipinski definition) is 3. The summed E-state index contributed by atoms with van der Waals surface area (Å²) in [6, 6.07) is 0. The molecule has 92 valence electrons. The van der Waals surface area contributed by atoms with Gasteiger partial charge >= 0.3 is 5.97 Å². The van der Waals surface area contributed by atoms with Gasteiger partial charge in [0.1, 0.15) is 11.9 Å². The smallest absolute Gasteiger partial charge is 0.334 e. The van der Waals surface area contributed by atoms with Crippen LogP contribution in [-0.2, 0) is 14.3 Å². The van der Waals surface area contributed by atoms with Gasteiger partial charge in [0.15, 0.2) is 0 Å². The first kappa shape index (κ1) is 11.0. The highest BCUT2D eigenvalue weighted by Gasteiger charge is 2.54. The topological polar surface area (TPSA) is 43.4 Å². The molecule has 1 aliphatic heterocycles. The Morgan fingerprint density at radius 2 is 2.18 bits per heavy atom. The first-order valence-corrected chi connectivity index (χ1v) is 6.44. The summed E-state index contributed by atoms with van der Waals surface area (Å²) in [4.78, 5) is 23.6. The number of rotatable bonds is 0. The van der Waals surface area contributed by atoms with Crippen LogP contribution < -0.4 is 0 Å². The minimum atomic E-state index is -0.255. The zero-order chi connectivity index (χ0) is 12.2. The highest BCUT2D eigenvalue weighted by atomic mass is 16.6. The molecule has 17 heavy (non-hydrogen) atoms. The molecular weight excluding hydrogens is 216 g/mol. The predicted molar refractivity (Wildman–Crippen MR) is 62.2 cm³/mol. The van der Waals surface area contributed by atoms with Crippen molar-refractivity contribution < 1.29 is 14.3 Å². The molecule has 3 nitrogen and oxygen atoms in total. The van der Waals surface area contributed by atoms with Gasteiger partial charge in [-0.2, -0.15) is 0 Å². The highest BCUT2D eigenvalue weighted by molar-refractivity contribution is 5.91. The van der Waals surface area contributed by atoms with E-state index < -0.39 is 0 Å². The van der Waals surface area contributed by atoms with Gasteiger partial charge in [0.25, 0.3) is 0 Å². The number of Topliss-reactive ketones (excluding diaryl/α,β-unsaturated/α-hetero) is 1. The SMILES string of the molecule is C=C1C(=O)O[C@@H]2C[C@@]3(C)CCCC(=O)[C@@H]3C[C@H]12. The minimum Gasteiger partial charge on any atom is -0.458 e. The van der Waals surface area contributed by atoms with Gasteiger partial charge in [-0.05, 0) is 31.1 Å². The summed E-state index contributed by atoms with van der Waals surface area (Å²) in [6.07, 6.45) is 4.35. The molecule has 0 aromatic heterocycles. The van der Waals surface area contributed by atoms with Crippen LogP contribution in [0, 0.1) is 17.3 Å². The minimum absolute atomic E-state index is 0.0258. The summed E-state index contributed by atoms with van der Waals surface area (Å²) in [7, 11) is 0. The molecule has 0 unspecified atom stereocenters. The van der Waals surface area contributed by atoms with Crippen molar-refractivity contribution in [2.24, 2.45) is 17.3 Å². The molecule has 1 heterocycles. The molecule has 3 heteroatoms. The van der Waals surface area contributed by atoms with Crippen molar-refractivity contribution in [1.82, 2.24) is 0 Å². The number of ether oxygens (including phenoxy) is 1. The normalized spacial score (nSPS) is 45.2. The van der Waals surface area contributed by atoms with Gasteiger partial charge in [-0.25, -0.2) is 4.79 Å². The maximum Gasteiger partial charge on any atom is 0.334 e. The molecule has 3 fully saturated rings. The van der Waals surface area contributed by atoms with E-state index in [9.17, 15) is 9.59 Å². The van der Waals surface area contributed by atoms with Crippen LogP contribution in [0.4, 0.5) is 0 Å². The van der Waals surface area contributed by atoms with Gasteiger partial charge in [-0.15, -0.1) is 0 Å². The maximum absolute atomic E-state index is 12.1. The van der Waals surface area contributed by atoms with E-state index in [1.54, 1.807) is 0 Å². The number of fused-ring (bicyclic) bond motifs is 2. The standard InChI is InChI=1S/C14H18O3/c1-8-9-6-10-11(15)4-3-5-14(10,2)7-12(9)17-13(8)16/h9-10,12H,1,3-7H2,2H3/t9-,10+,12-,14-/m1/s1. The van der Waals surface area contributed by atoms with E-state index in [1.807, 2.05) is 0 Å². The predicted octanol–water partition coefficient (Wildman–Crippen LogP) is 2.25. The summed E-state index contributed by atoms with van der Waals surface area (Å²) in [5.41, 5.74) is 0.622. The van der Waals surface area contributed by atoms with Gasteiger partial charge in [0.2, 0.25) is 0 Å². The third kappa shape index (κ3) is 1.48. The van der Waals surface area contributed by atoms with Crippen molar-refractivity contribution >= 4 is 11.8 Å². The van der Waals surface area contributed by atoms with E-state index >= 15 is 0 Å². The van der Waals surface area contributed by atoms with Gasteiger partial charge in [-0.3, -0.25) is 4.79 Å². The van der Waals surface area contributed by atoms with Gasteiger partial charge in [-0.1, -0.05) is 13.5 Å². The van der Waals surface area contributed by atoms with Crippen molar-refractivity contribution in [1.29, 1.82) is 0 Å². The third-order valence-corrected chi connectivity index (χ3v) is 4.98. The van der Waals surface area contributed by atoms with Crippen molar-refractivity contribution in [3.8, 4) is 0 Å². The lowest BCUT2D eigenvalue weighted by Gasteiger charge is -2.47. The zero-order valence-electron chi connectivity index (χ0n) is 10.2. The largest absolute Gasteiger partial charge is 0.458 e. The maximum atomic E-state index is 12.1. The Morgan fingerprint density at radius 3 is 2.94 bits per heavy atom. The molecule has 2 aliphatic carbocycles. The summed E-state index contributed by atoms with van der Waals surface area (Å²) in [5, 5.41) is 0. The van der Waals surface area contributed by atoms with Crippen LogP contribution in [-0.4, -0.2) is 17.9 Å². The molecule has 0 spiro atoms. The van der Waals surface area contributed by atoms with E-state index in [2.05, 4.69) is 13.5 Å². The van der Waals surface area contributed by atoms with Crippen LogP contribution in [0.25, 0.3) is 0 Å². The second kappa shape index (κ2) is 3.44. The molecule has 0 amide bonds. The molecule has 3 rings (SSSR count). The lowest BCUT2D eigenvalue weighted by Crippen LogP contribution is -2.46. The van der Waals surface area contributed by atoms with E-state index in [0.29, 0.717) is 17.8 Å². The molecule has 0 bridgehead atoms. The van der Waals surface area contributed by atoms with E-state index in [1.165, 1.54) is 0 Å². The van der Waals surface area contributed by atoms with E-state index in [4.69, 9.17) is 4.74 Å². The molecule has 0 N–H and O–H groups in total. The summed E-state index contributed by atoms with van der Waals surface area (Å²) < 4.78 is 5.38. The average molecular weight is 234 g/mol. The lowest BCUT2D eigenvalue weighted by atomic mass is 9.57. The molecule has 4 atom stereocenters. The lowest BCUT2D eigenvalue weighted by molar-refractivity contribution is -0.145. The number of carbonyl (C=O) groups is 2. The van der Waals surface area contributed by atoms with Gasteiger partial charge < -0.3 is 4.74 Å². The van der Waals surface area contributed by atoms with Crippen LogP contribution in [0.15, 0.2) is 12.2 Å². The summed E-state index contributed by atoms with van der Waals surface area (Å²) >= 11 is 0. The fourth-order valence-corrected chi connectivity index (χ4v) is 3.93. The van der Waals surface area contributed by atoms with Crippen LogP contribution in [0.3, 0.4) is 0 Å². The molecule has 0 radical (unpaired) electrons. The second-order valence-corrected chi connectivity index (χ2v) is 6.04. The molecule has 2 saturated carbocycles. The Morgan fingerprint density at radius 1 is 1.41 bits per heavy atom. The Labute approximate surface area is 101 Å². The molecule has 0 aromatic rings. The quantitative estimate of drug-likeness (QED) is 0.477. The molecule has 1 saturated heterocycles. The van der Waals surface area contributed by atoms with Crippen molar-refractivity contribution in [2.45, 2.75) is 45.1 Å². The first-order valence-electron chi connectivity index (χ1n) is 6.44. The first-order chi connectivity index (χ1) is 8.01. The number of hydrogen-bond donors (Lipinski definition) is 0. The van der Waals surface area contributed by atoms with Crippen molar-refractivity contribution in [3.05, 3.63) is 12.2 Å². The van der Waals surface area contributed by atoms with Crippen molar-refractivity contribution in [3.63, 3.8) is 0 Å². The second-order valence-electron chi connectivity index (χ2n) is 6.04. The fourth-order valence-electron chi connectivity index (χ4n) is 3.93. The van der Waals surface area contributed by atoms with Crippen LogP contribution in [0.1, 0.15) is 39.0 Å². The van der Waals surface area contributed by atoms with Crippen LogP contribution in [0.5, 0.6) is 0 Å². The van der Waals surface area contributed by atoms with E-state index in [-0.39, 0.29) is 29.3 Å². The Balaban J connectivity index is 1.91. The average Bonchev–Trinajstić information content (AvgIpc) is 2.52. The number of carbonyl (C=O) groups excluding carboxylic acids is 2. The molecular formula is C14H18O3. The number of esters is 1.